The quantitative estimate of drug-likeness (QED) is 0.0482. The summed E-state index contributed by atoms with van der Waals surface area (Å²) in [5.74, 6) is -4.24. The molecule has 0 aromatic carbocycles. The number of amides is 2. The molecule has 0 saturated heterocycles. The molecule has 4 aromatic rings. The van der Waals surface area contributed by atoms with Crippen molar-refractivity contribution >= 4 is 23.2 Å². The molecule has 0 bridgehead atoms. The summed E-state index contributed by atoms with van der Waals surface area (Å²) in [6.07, 6.45) is 7.21. The molecule has 340 valence electrons. The predicted octanol–water partition coefficient (Wildman–Crippen LogP) is -0.0583. The summed E-state index contributed by atoms with van der Waals surface area (Å²) in [4.78, 5) is 92.7. The van der Waals surface area contributed by atoms with Gasteiger partial charge >= 0.3 is 0 Å². The second-order valence-corrected chi connectivity index (χ2v) is 15.3. The number of ketones is 1. The lowest BCUT2D eigenvalue weighted by molar-refractivity contribution is 0.0907. The molecule has 0 saturated carbocycles. The van der Waals surface area contributed by atoms with Crippen LogP contribution in [0.25, 0.3) is 5.57 Å². The van der Waals surface area contributed by atoms with Gasteiger partial charge in [-0.1, -0.05) is 6.58 Å². The Morgan fingerprint density at radius 2 is 1.03 bits per heavy atom. The van der Waals surface area contributed by atoms with E-state index in [-0.39, 0.29) is 68.3 Å². The van der Waals surface area contributed by atoms with Gasteiger partial charge in [-0.15, -0.1) is 0 Å². The van der Waals surface area contributed by atoms with Crippen LogP contribution in [0.1, 0.15) is 68.7 Å². The van der Waals surface area contributed by atoms with Crippen molar-refractivity contribution in [2.24, 2.45) is 33.9 Å². The highest BCUT2D eigenvalue weighted by molar-refractivity contribution is 5.98. The van der Waals surface area contributed by atoms with Gasteiger partial charge in [0, 0.05) is 104 Å². The molecule has 8 N–H and O–H groups in total. The summed E-state index contributed by atoms with van der Waals surface area (Å²) in [7, 11) is 5.85. The van der Waals surface area contributed by atoms with E-state index in [0.29, 0.717) is 50.0 Å². The van der Waals surface area contributed by atoms with E-state index in [9.17, 15) is 54.0 Å². The van der Waals surface area contributed by atoms with Crippen LogP contribution in [0.15, 0.2) is 74.8 Å². The maximum absolute atomic E-state index is 13.2. The summed E-state index contributed by atoms with van der Waals surface area (Å²) >= 11 is 0. The molecule has 20 nitrogen and oxygen atoms in total. The molecule has 0 fully saturated rings. The fourth-order valence-corrected chi connectivity index (χ4v) is 7.05. The highest BCUT2D eigenvalue weighted by atomic mass is 16.3. The fourth-order valence-electron chi connectivity index (χ4n) is 7.05. The van der Waals surface area contributed by atoms with Crippen LogP contribution in [0.2, 0.25) is 0 Å². The van der Waals surface area contributed by atoms with Gasteiger partial charge in [0.25, 0.3) is 34.1 Å². The first-order valence-corrected chi connectivity index (χ1v) is 20.4. The Hall–Kier alpha value is -6.77. The van der Waals surface area contributed by atoms with E-state index in [1.54, 1.807) is 6.07 Å². The van der Waals surface area contributed by atoms with Crippen LogP contribution in [0, 0.1) is 0 Å². The van der Waals surface area contributed by atoms with Crippen LogP contribution in [0.3, 0.4) is 0 Å². The molecule has 2 amide bonds. The molecular weight excluding hydrogens is 819 g/mol. The number of aryl methyl sites for hydroxylation is 4. The number of Topliss-reactive ketones (excluding diaryl/α,β-unsaturated/α-hetero) is 1. The topological polar surface area (TPSA) is 277 Å². The molecule has 0 aliphatic heterocycles. The number of allylic oxidation sites excluding steroid dienone is 1. The van der Waals surface area contributed by atoms with Gasteiger partial charge < -0.3 is 60.0 Å². The first-order valence-electron chi connectivity index (χ1n) is 20.4. The summed E-state index contributed by atoms with van der Waals surface area (Å²) in [5, 5.41) is 47.1. The number of nitrogens with two attached hydrogens (primary N) is 1. The minimum absolute atomic E-state index is 0.0327. The first kappa shape index (κ1) is 48.9. The van der Waals surface area contributed by atoms with Gasteiger partial charge in [-0.2, -0.15) is 0 Å². The second-order valence-electron chi connectivity index (χ2n) is 15.3. The van der Waals surface area contributed by atoms with Crippen LogP contribution < -0.4 is 38.6 Å². The molecule has 1 atom stereocenters. The van der Waals surface area contributed by atoms with Gasteiger partial charge in [0.05, 0.1) is 16.7 Å². The maximum Gasteiger partial charge on any atom is 0.293 e. The summed E-state index contributed by atoms with van der Waals surface area (Å²) < 4.78 is 4.68. The average Bonchev–Trinajstić information content (AvgIpc) is 3.24. The van der Waals surface area contributed by atoms with Crippen molar-refractivity contribution in [2.75, 3.05) is 52.4 Å². The van der Waals surface area contributed by atoms with Gasteiger partial charge in [0.2, 0.25) is 0 Å². The molecule has 4 rings (SSSR count). The van der Waals surface area contributed by atoms with E-state index in [0.717, 1.165) is 13.7 Å². The van der Waals surface area contributed by atoms with Crippen molar-refractivity contribution in [2.45, 2.75) is 38.1 Å². The van der Waals surface area contributed by atoms with Gasteiger partial charge in [0.15, 0.2) is 28.8 Å². The normalized spacial score (nSPS) is 11.8. The van der Waals surface area contributed by atoms with E-state index in [1.165, 1.54) is 75.7 Å². The van der Waals surface area contributed by atoms with Crippen LogP contribution in [-0.2, 0) is 28.2 Å². The Bertz CT molecular complexity index is 2390. The fraction of sp³-hybridized carbons (Fsp3) is 0.419. The Morgan fingerprint density at radius 1 is 0.619 bits per heavy atom. The van der Waals surface area contributed by atoms with E-state index in [2.05, 4.69) is 22.1 Å². The van der Waals surface area contributed by atoms with Crippen LogP contribution in [0.5, 0.6) is 23.0 Å². The number of hydrogen-bond acceptors (Lipinski definition) is 14. The number of carbonyl (C=O) groups excluding carboxylic acids is 3. The van der Waals surface area contributed by atoms with Crippen LogP contribution in [0.4, 0.5) is 0 Å². The van der Waals surface area contributed by atoms with E-state index < -0.39 is 62.8 Å². The van der Waals surface area contributed by atoms with E-state index in [4.69, 9.17) is 5.73 Å². The Kier molecular flexibility index (Phi) is 17.4. The van der Waals surface area contributed by atoms with Crippen LogP contribution in [-0.4, -0.2) is 124 Å². The zero-order chi connectivity index (χ0) is 46.5. The number of carbonyl (C=O) groups is 3. The standard InChI is InChI=1S/C43H57N9O11/c1-27(29-11-20-47(2)40(60)34(29)54)8-6-19-52(25-17-46-39(59)32-14-23-50(5)43(63)37(32)57)28(10-15-44)26-51(18-7-9-33(53)30-12-21-48(3)41(61)35(30)55)24-16-45-38(58)31-13-22-49(4)42(62)36(31)56/h11-14,20-23,28,54-57H,1,6-10,15-19,24-26,44H2,2-5H3,(H,45,58)(H,46,59). The minimum Gasteiger partial charge on any atom is -0.503 e. The lowest BCUT2D eigenvalue weighted by atomic mass is 10.0. The highest BCUT2D eigenvalue weighted by Crippen LogP contribution is 2.24. The lowest BCUT2D eigenvalue weighted by Gasteiger charge is -2.36. The Morgan fingerprint density at radius 3 is 1.52 bits per heavy atom. The molecular formula is C43H57N9O11. The maximum atomic E-state index is 13.2. The smallest absolute Gasteiger partial charge is 0.293 e. The van der Waals surface area contributed by atoms with E-state index >= 15 is 0 Å². The highest BCUT2D eigenvalue weighted by Gasteiger charge is 2.24. The monoisotopic (exact) mass is 875 g/mol. The number of aromatic nitrogens is 4. The number of rotatable bonds is 23. The second kappa shape index (κ2) is 22.4. The van der Waals surface area contributed by atoms with Gasteiger partial charge in [-0.25, -0.2) is 0 Å². The number of hydrogen-bond donors (Lipinski definition) is 7. The molecule has 20 heteroatoms. The molecule has 0 radical (unpaired) electrons. The largest absolute Gasteiger partial charge is 0.503 e. The SMILES string of the molecule is C=C(CCCN(CCNC(=O)c1ccn(C)c(=O)c1O)C(CCN)CN(CCCC(=O)c1ccn(C)c(=O)c1O)CCNC(=O)c1ccn(C)c(=O)c1O)c1ccn(C)c(=O)c1O. The number of pyridine rings is 4. The molecule has 1 unspecified atom stereocenters. The molecule has 0 aliphatic rings. The number of aromatic hydroxyl groups is 4. The van der Waals surface area contributed by atoms with Gasteiger partial charge in [-0.05, 0) is 75.2 Å². The minimum atomic E-state index is -0.740. The molecule has 4 heterocycles. The summed E-state index contributed by atoms with van der Waals surface area (Å²) in [5.41, 5.74) is 3.77. The van der Waals surface area contributed by atoms with Gasteiger partial charge in [-0.3, -0.25) is 38.5 Å². The van der Waals surface area contributed by atoms with Crippen molar-refractivity contribution in [1.29, 1.82) is 0 Å². The first-order chi connectivity index (χ1) is 29.9. The van der Waals surface area contributed by atoms with Gasteiger partial charge in [0.1, 0.15) is 0 Å². The summed E-state index contributed by atoms with van der Waals surface area (Å²) in [6.45, 7) is 6.02. The van der Waals surface area contributed by atoms with Crippen molar-refractivity contribution in [3.05, 3.63) is 119 Å². The molecule has 63 heavy (non-hydrogen) atoms. The Labute approximate surface area is 362 Å². The van der Waals surface area contributed by atoms with Crippen molar-refractivity contribution in [3.8, 4) is 23.0 Å². The third-order valence-corrected chi connectivity index (χ3v) is 10.8. The molecule has 0 spiro atoms. The van der Waals surface area contributed by atoms with Crippen LogP contribution >= 0.6 is 0 Å². The molecule has 4 aromatic heterocycles. The van der Waals surface area contributed by atoms with Crippen molar-refractivity contribution < 1.29 is 34.8 Å². The Balaban J connectivity index is 1.57. The number of nitrogens with one attached hydrogen (secondary N) is 2. The number of nitrogens with zero attached hydrogens (tertiary/aromatic N) is 6. The third-order valence-electron chi connectivity index (χ3n) is 10.8. The summed E-state index contributed by atoms with van der Waals surface area (Å²) in [6, 6.07) is 5.33. The lowest BCUT2D eigenvalue weighted by Crippen LogP contribution is -2.49. The van der Waals surface area contributed by atoms with Crippen molar-refractivity contribution in [1.82, 2.24) is 38.7 Å². The zero-order valence-electron chi connectivity index (χ0n) is 36.0. The third kappa shape index (κ3) is 12.4. The van der Waals surface area contributed by atoms with E-state index in [1.807, 2.05) is 4.90 Å². The average molecular weight is 876 g/mol. The van der Waals surface area contributed by atoms with Crippen molar-refractivity contribution in [3.63, 3.8) is 0 Å². The zero-order valence-corrected chi connectivity index (χ0v) is 36.0. The predicted molar refractivity (Wildman–Crippen MR) is 235 cm³/mol. The molecule has 0 aliphatic carbocycles.